The number of hydrogen-bond donors (Lipinski definition) is 0. The van der Waals surface area contributed by atoms with Crippen LogP contribution in [0.5, 0.6) is 0 Å². The van der Waals surface area contributed by atoms with Crippen LogP contribution in [0.25, 0.3) is 0 Å². The van der Waals surface area contributed by atoms with Gasteiger partial charge in [-0.2, -0.15) is 5.10 Å². The Labute approximate surface area is 127 Å². The predicted octanol–water partition coefficient (Wildman–Crippen LogP) is 2.06. The van der Waals surface area contributed by atoms with Crippen LogP contribution in [-0.2, 0) is 22.6 Å². The molecule has 0 N–H and O–H groups in total. The van der Waals surface area contributed by atoms with Gasteiger partial charge in [-0.15, -0.1) is 0 Å². The van der Waals surface area contributed by atoms with Crippen LogP contribution in [0.1, 0.15) is 38.2 Å². The van der Waals surface area contributed by atoms with Crippen molar-refractivity contribution < 1.29 is 9.47 Å². The molecule has 0 unspecified atom stereocenters. The summed E-state index contributed by atoms with van der Waals surface area (Å²) in [5.74, 6) is 0. The van der Waals surface area contributed by atoms with Crippen molar-refractivity contribution in [2.24, 2.45) is 0 Å². The SMILES string of the molecule is CCCn1cc(CN2CC[C@@]3(CCCO3)[C@@H](OC)C2)cn1. The summed E-state index contributed by atoms with van der Waals surface area (Å²) in [4.78, 5) is 2.47. The lowest BCUT2D eigenvalue weighted by Crippen LogP contribution is -2.55. The summed E-state index contributed by atoms with van der Waals surface area (Å²) in [6.07, 6.45) is 8.87. The monoisotopic (exact) mass is 293 g/mol. The lowest BCUT2D eigenvalue weighted by Gasteiger charge is -2.44. The molecule has 1 aromatic rings. The first-order valence-electron chi connectivity index (χ1n) is 8.16. The quantitative estimate of drug-likeness (QED) is 0.833. The average Bonchev–Trinajstić information content (AvgIpc) is 3.12. The summed E-state index contributed by atoms with van der Waals surface area (Å²) in [7, 11) is 1.82. The smallest absolute Gasteiger partial charge is 0.0987 e. The van der Waals surface area contributed by atoms with E-state index in [9.17, 15) is 0 Å². The van der Waals surface area contributed by atoms with Gasteiger partial charge in [0, 0.05) is 51.7 Å². The maximum absolute atomic E-state index is 6.05. The van der Waals surface area contributed by atoms with E-state index in [1.165, 1.54) is 12.0 Å². The minimum Gasteiger partial charge on any atom is -0.377 e. The molecule has 2 atom stereocenters. The normalized spacial score (nSPS) is 30.3. The average molecular weight is 293 g/mol. The molecular formula is C16H27N3O2. The Bertz CT molecular complexity index is 454. The van der Waals surface area contributed by atoms with E-state index in [-0.39, 0.29) is 11.7 Å². The Hall–Kier alpha value is -0.910. The van der Waals surface area contributed by atoms with Gasteiger partial charge in [-0.3, -0.25) is 9.58 Å². The van der Waals surface area contributed by atoms with Gasteiger partial charge in [0.1, 0.15) is 0 Å². The Morgan fingerprint density at radius 1 is 1.48 bits per heavy atom. The maximum Gasteiger partial charge on any atom is 0.0987 e. The van der Waals surface area contributed by atoms with Crippen molar-refractivity contribution in [3.05, 3.63) is 18.0 Å². The molecule has 0 radical (unpaired) electrons. The van der Waals surface area contributed by atoms with E-state index in [1.807, 2.05) is 18.0 Å². The van der Waals surface area contributed by atoms with E-state index in [2.05, 4.69) is 23.1 Å². The molecule has 0 bridgehead atoms. The lowest BCUT2D eigenvalue weighted by atomic mass is 9.85. The molecule has 21 heavy (non-hydrogen) atoms. The van der Waals surface area contributed by atoms with Crippen molar-refractivity contribution in [3.63, 3.8) is 0 Å². The molecule has 118 valence electrons. The molecule has 0 amide bonds. The van der Waals surface area contributed by atoms with Crippen LogP contribution < -0.4 is 0 Å². The fourth-order valence-electron chi connectivity index (χ4n) is 3.70. The molecule has 2 aliphatic heterocycles. The molecule has 5 heteroatoms. The molecule has 3 rings (SSSR count). The molecule has 2 fully saturated rings. The number of aryl methyl sites for hydroxylation is 1. The van der Waals surface area contributed by atoms with Gasteiger partial charge in [0.05, 0.1) is 17.9 Å². The number of rotatable bonds is 5. The van der Waals surface area contributed by atoms with Gasteiger partial charge in [0.2, 0.25) is 0 Å². The fraction of sp³-hybridized carbons (Fsp3) is 0.812. The third-order valence-corrected chi connectivity index (χ3v) is 4.83. The van der Waals surface area contributed by atoms with Gasteiger partial charge in [-0.25, -0.2) is 0 Å². The van der Waals surface area contributed by atoms with Gasteiger partial charge in [0.25, 0.3) is 0 Å². The van der Waals surface area contributed by atoms with Gasteiger partial charge in [0.15, 0.2) is 0 Å². The van der Waals surface area contributed by atoms with E-state index in [0.717, 1.165) is 52.0 Å². The Kier molecular flexibility index (Phi) is 4.62. The molecule has 2 saturated heterocycles. The number of methoxy groups -OCH3 is 1. The summed E-state index contributed by atoms with van der Waals surface area (Å²) in [6, 6.07) is 0. The van der Waals surface area contributed by atoms with Crippen LogP contribution in [0.2, 0.25) is 0 Å². The minimum atomic E-state index is -0.0162. The number of aromatic nitrogens is 2. The molecule has 2 aliphatic rings. The number of piperidine rings is 1. The minimum absolute atomic E-state index is 0.0162. The van der Waals surface area contributed by atoms with Crippen LogP contribution in [0.15, 0.2) is 12.4 Å². The molecule has 5 nitrogen and oxygen atoms in total. The van der Waals surface area contributed by atoms with E-state index >= 15 is 0 Å². The maximum atomic E-state index is 6.05. The molecule has 1 aromatic heterocycles. The highest BCUT2D eigenvalue weighted by Gasteiger charge is 2.46. The van der Waals surface area contributed by atoms with Crippen molar-refractivity contribution in [1.29, 1.82) is 0 Å². The summed E-state index contributed by atoms with van der Waals surface area (Å²) < 4.78 is 13.8. The first-order chi connectivity index (χ1) is 10.3. The fourth-order valence-corrected chi connectivity index (χ4v) is 3.70. The molecule has 0 aliphatic carbocycles. The Morgan fingerprint density at radius 2 is 2.38 bits per heavy atom. The zero-order valence-electron chi connectivity index (χ0n) is 13.3. The first kappa shape index (κ1) is 15.0. The van der Waals surface area contributed by atoms with Crippen LogP contribution in [0.4, 0.5) is 0 Å². The van der Waals surface area contributed by atoms with Gasteiger partial charge in [-0.1, -0.05) is 6.92 Å². The molecule has 3 heterocycles. The number of ether oxygens (including phenoxy) is 2. The highest BCUT2D eigenvalue weighted by molar-refractivity contribution is 5.06. The van der Waals surface area contributed by atoms with E-state index in [1.54, 1.807) is 0 Å². The highest BCUT2D eigenvalue weighted by Crippen LogP contribution is 2.37. The highest BCUT2D eigenvalue weighted by atomic mass is 16.5. The molecule has 0 saturated carbocycles. The molecular weight excluding hydrogens is 266 g/mol. The summed E-state index contributed by atoms with van der Waals surface area (Å²) in [5, 5.41) is 4.42. The number of likely N-dealkylation sites (tertiary alicyclic amines) is 1. The van der Waals surface area contributed by atoms with Crippen molar-refractivity contribution in [2.75, 3.05) is 26.8 Å². The first-order valence-corrected chi connectivity index (χ1v) is 8.16. The van der Waals surface area contributed by atoms with Crippen LogP contribution in [-0.4, -0.2) is 53.2 Å². The summed E-state index contributed by atoms with van der Waals surface area (Å²) in [5.41, 5.74) is 1.28. The van der Waals surface area contributed by atoms with Crippen LogP contribution in [0, 0.1) is 0 Å². The zero-order valence-corrected chi connectivity index (χ0v) is 13.3. The number of nitrogens with zero attached hydrogens (tertiary/aromatic N) is 3. The van der Waals surface area contributed by atoms with Crippen molar-refractivity contribution in [3.8, 4) is 0 Å². The third-order valence-electron chi connectivity index (χ3n) is 4.83. The van der Waals surface area contributed by atoms with Crippen LogP contribution in [0.3, 0.4) is 0 Å². The Balaban J connectivity index is 1.60. The third kappa shape index (κ3) is 3.15. The van der Waals surface area contributed by atoms with Crippen LogP contribution >= 0.6 is 0 Å². The second-order valence-electron chi connectivity index (χ2n) is 6.34. The summed E-state index contributed by atoms with van der Waals surface area (Å²) in [6.45, 7) is 7.06. The topological polar surface area (TPSA) is 39.5 Å². The van der Waals surface area contributed by atoms with Crippen molar-refractivity contribution in [2.45, 2.75) is 57.4 Å². The molecule has 1 spiro atoms. The molecule has 0 aromatic carbocycles. The standard InChI is InChI=1S/C16H27N3O2/c1-3-7-19-12-14(10-17-19)11-18-8-6-16(5-4-9-21-16)15(13-18)20-2/h10,12,15H,3-9,11,13H2,1-2H3/t15-,16-/m0/s1. The largest absolute Gasteiger partial charge is 0.377 e. The zero-order chi connectivity index (χ0) is 14.7. The summed E-state index contributed by atoms with van der Waals surface area (Å²) >= 11 is 0. The number of hydrogen-bond acceptors (Lipinski definition) is 4. The lowest BCUT2D eigenvalue weighted by molar-refractivity contribution is -0.143. The van der Waals surface area contributed by atoms with Gasteiger partial charge >= 0.3 is 0 Å². The van der Waals surface area contributed by atoms with E-state index in [4.69, 9.17) is 9.47 Å². The second-order valence-corrected chi connectivity index (χ2v) is 6.34. The Morgan fingerprint density at radius 3 is 3.10 bits per heavy atom. The van der Waals surface area contributed by atoms with Gasteiger partial charge < -0.3 is 9.47 Å². The van der Waals surface area contributed by atoms with E-state index in [0.29, 0.717) is 0 Å². The van der Waals surface area contributed by atoms with Gasteiger partial charge in [-0.05, 0) is 25.7 Å². The predicted molar refractivity (Wildman–Crippen MR) is 81.1 cm³/mol. The van der Waals surface area contributed by atoms with Crippen molar-refractivity contribution >= 4 is 0 Å². The van der Waals surface area contributed by atoms with Crippen molar-refractivity contribution in [1.82, 2.24) is 14.7 Å². The van der Waals surface area contributed by atoms with E-state index < -0.39 is 0 Å². The second kappa shape index (κ2) is 6.46.